The summed E-state index contributed by atoms with van der Waals surface area (Å²) in [6.45, 7) is 2.56. The highest BCUT2D eigenvalue weighted by Crippen LogP contribution is 2.37. The first kappa shape index (κ1) is 11.5. The van der Waals surface area contributed by atoms with E-state index in [-0.39, 0.29) is 5.97 Å². The zero-order chi connectivity index (χ0) is 11.5. The molecule has 4 heteroatoms. The van der Waals surface area contributed by atoms with Gasteiger partial charge in [0, 0.05) is 12.2 Å². The second-order valence-electron chi connectivity index (χ2n) is 4.17. The summed E-state index contributed by atoms with van der Waals surface area (Å²) in [5.41, 5.74) is 0.587. The number of aromatic nitrogens is 1. The predicted octanol–water partition coefficient (Wildman–Crippen LogP) is 3.43. The molecule has 0 atom stereocenters. The highest BCUT2D eigenvalue weighted by atomic mass is 35.5. The molecule has 1 aromatic rings. The van der Waals surface area contributed by atoms with E-state index in [1.54, 1.807) is 6.07 Å². The first-order valence-corrected chi connectivity index (χ1v) is 6.14. The van der Waals surface area contributed by atoms with Crippen molar-refractivity contribution in [1.82, 2.24) is 4.57 Å². The molecule has 0 N–H and O–H groups in total. The summed E-state index contributed by atoms with van der Waals surface area (Å²) in [7, 11) is 0. The molecule has 0 saturated heterocycles. The number of ether oxygens (including phenoxy) is 1. The molecule has 16 heavy (non-hydrogen) atoms. The number of hydrogen-bond donors (Lipinski definition) is 0. The van der Waals surface area contributed by atoms with E-state index < -0.39 is 0 Å². The molecule has 1 heterocycles. The minimum Gasteiger partial charge on any atom is -0.461 e. The van der Waals surface area contributed by atoms with Gasteiger partial charge in [-0.05, 0) is 25.3 Å². The molecular weight excluding hydrogens is 226 g/mol. The number of nitrogens with zero attached hydrogens (tertiary/aromatic N) is 1. The molecule has 2 rings (SSSR count). The molecular formula is C12H16ClNO2. The number of carbonyl (C=O) groups is 1. The smallest absolute Gasteiger partial charge is 0.355 e. The fourth-order valence-electron chi connectivity index (χ4n) is 1.65. The number of unbranched alkanes of at least 4 members (excludes halogenated alkanes) is 1. The Bertz CT molecular complexity index is 382. The summed E-state index contributed by atoms with van der Waals surface area (Å²) in [5.74, 6) is -0.257. The van der Waals surface area contributed by atoms with Gasteiger partial charge in [0.15, 0.2) is 0 Å². The van der Waals surface area contributed by atoms with Crippen LogP contribution in [0.3, 0.4) is 0 Å². The second kappa shape index (κ2) is 4.91. The SMILES string of the molecule is CCCCOC(=O)c1cc(Cl)cn1C1CC1. The fraction of sp³-hybridized carbons (Fsp3) is 0.583. The van der Waals surface area contributed by atoms with Gasteiger partial charge in [-0.25, -0.2) is 4.79 Å². The Morgan fingerprint density at radius 2 is 2.38 bits per heavy atom. The average Bonchev–Trinajstić information content (AvgIpc) is 3.02. The molecule has 0 amide bonds. The molecule has 1 aromatic heterocycles. The maximum absolute atomic E-state index is 11.8. The molecule has 1 aliphatic rings. The zero-order valence-electron chi connectivity index (χ0n) is 9.41. The van der Waals surface area contributed by atoms with Crippen molar-refractivity contribution in [2.45, 2.75) is 38.6 Å². The summed E-state index contributed by atoms with van der Waals surface area (Å²) in [6, 6.07) is 2.13. The predicted molar refractivity (Wildman–Crippen MR) is 62.9 cm³/mol. The van der Waals surface area contributed by atoms with Gasteiger partial charge in [0.2, 0.25) is 0 Å². The van der Waals surface area contributed by atoms with Crippen LogP contribution in [0.1, 0.15) is 49.1 Å². The number of hydrogen-bond acceptors (Lipinski definition) is 2. The van der Waals surface area contributed by atoms with Gasteiger partial charge in [0.1, 0.15) is 5.69 Å². The minimum atomic E-state index is -0.257. The van der Waals surface area contributed by atoms with Crippen molar-refractivity contribution >= 4 is 17.6 Å². The normalized spacial score (nSPS) is 15.1. The fourth-order valence-corrected chi connectivity index (χ4v) is 1.86. The summed E-state index contributed by atoms with van der Waals surface area (Å²) in [4.78, 5) is 11.8. The van der Waals surface area contributed by atoms with Crippen molar-refractivity contribution in [2.24, 2.45) is 0 Å². The van der Waals surface area contributed by atoms with Crippen LogP contribution in [0.4, 0.5) is 0 Å². The van der Waals surface area contributed by atoms with Crippen molar-refractivity contribution in [3.63, 3.8) is 0 Å². The Morgan fingerprint density at radius 1 is 1.62 bits per heavy atom. The van der Waals surface area contributed by atoms with Gasteiger partial charge in [-0.1, -0.05) is 24.9 Å². The molecule has 3 nitrogen and oxygen atoms in total. The van der Waals surface area contributed by atoms with Crippen LogP contribution in [0.25, 0.3) is 0 Å². The zero-order valence-corrected chi connectivity index (χ0v) is 10.2. The quantitative estimate of drug-likeness (QED) is 0.584. The lowest BCUT2D eigenvalue weighted by Gasteiger charge is -2.07. The van der Waals surface area contributed by atoms with Crippen molar-refractivity contribution in [3.8, 4) is 0 Å². The molecule has 0 aromatic carbocycles. The van der Waals surface area contributed by atoms with Crippen LogP contribution in [-0.4, -0.2) is 17.1 Å². The Morgan fingerprint density at radius 3 is 3.00 bits per heavy atom. The maximum Gasteiger partial charge on any atom is 0.355 e. The Labute approximate surface area is 100 Å². The van der Waals surface area contributed by atoms with Crippen LogP contribution in [-0.2, 0) is 4.74 Å². The lowest BCUT2D eigenvalue weighted by atomic mass is 10.3. The average molecular weight is 242 g/mol. The molecule has 0 aliphatic heterocycles. The van der Waals surface area contributed by atoms with Crippen LogP contribution in [0.15, 0.2) is 12.3 Å². The number of esters is 1. The van der Waals surface area contributed by atoms with Gasteiger partial charge < -0.3 is 9.30 Å². The molecule has 0 bridgehead atoms. The van der Waals surface area contributed by atoms with E-state index in [9.17, 15) is 4.79 Å². The lowest BCUT2D eigenvalue weighted by molar-refractivity contribution is 0.0487. The van der Waals surface area contributed by atoms with Gasteiger partial charge in [0.25, 0.3) is 0 Å². The van der Waals surface area contributed by atoms with Gasteiger partial charge in [-0.3, -0.25) is 0 Å². The van der Waals surface area contributed by atoms with E-state index in [1.807, 2.05) is 10.8 Å². The topological polar surface area (TPSA) is 31.2 Å². The van der Waals surface area contributed by atoms with Gasteiger partial charge >= 0.3 is 5.97 Å². The molecule has 0 spiro atoms. The van der Waals surface area contributed by atoms with Crippen molar-refractivity contribution in [3.05, 3.63) is 23.0 Å². The van der Waals surface area contributed by atoms with Crippen molar-refractivity contribution in [2.75, 3.05) is 6.61 Å². The van der Waals surface area contributed by atoms with Crippen LogP contribution in [0.5, 0.6) is 0 Å². The first-order valence-electron chi connectivity index (χ1n) is 5.77. The van der Waals surface area contributed by atoms with Gasteiger partial charge in [0.05, 0.1) is 11.6 Å². The minimum absolute atomic E-state index is 0.257. The Kier molecular flexibility index (Phi) is 3.54. The highest BCUT2D eigenvalue weighted by Gasteiger charge is 2.28. The molecule has 1 saturated carbocycles. The Balaban J connectivity index is 2.03. The third kappa shape index (κ3) is 2.59. The van der Waals surface area contributed by atoms with Gasteiger partial charge in [-0.15, -0.1) is 0 Å². The lowest BCUT2D eigenvalue weighted by Crippen LogP contribution is -2.11. The summed E-state index contributed by atoms with van der Waals surface area (Å²) < 4.78 is 7.12. The monoisotopic (exact) mass is 241 g/mol. The second-order valence-corrected chi connectivity index (χ2v) is 4.61. The summed E-state index contributed by atoms with van der Waals surface area (Å²) in [6.07, 6.45) is 6.00. The molecule has 0 radical (unpaired) electrons. The van der Waals surface area contributed by atoms with E-state index in [4.69, 9.17) is 16.3 Å². The maximum atomic E-state index is 11.8. The third-order valence-corrected chi connectivity index (χ3v) is 2.90. The number of halogens is 1. The Hall–Kier alpha value is -0.960. The van der Waals surface area contributed by atoms with Crippen LogP contribution in [0, 0.1) is 0 Å². The first-order chi connectivity index (χ1) is 7.72. The number of rotatable bonds is 5. The largest absolute Gasteiger partial charge is 0.461 e. The third-order valence-electron chi connectivity index (χ3n) is 2.70. The van der Waals surface area contributed by atoms with Crippen molar-refractivity contribution < 1.29 is 9.53 Å². The van der Waals surface area contributed by atoms with E-state index >= 15 is 0 Å². The van der Waals surface area contributed by atoms with E-state index in [0.29, 0.717) is 23.4 Å². The number of carbonyl (C=O) groups excluding carboxylic acids is 1. The highest BCUT2D eigenvalue weighted by molar-refractivity contribution is 6.31. The molecule has 1 fully saturated rings. The summed E-state index contributed by atoms with van der Waals surface area (Å²) >= 11 is 5.91. The molecule has 1 aliphatic carbocycles. The van der Waals surface area contributed by atoms with Crippen LogP contribution in [0.2, 0.25) is 5.02 Å². The van der Waals surface area contributed by atoms with E-state index in [2.05, 4.69) is 6.92 Å². The standard InChI is InChI=1S/C12H16ClNO2/c1-2-3-6-16-12(15)11-7-9(13)8-14(11)10-4-5-10/h7-8,10H,2-6H2,1H3. The van der Waals surface area contributed by atoms with E-state index in [1.165, 1.54) is 0 Å². The molecule has 0 unspecified atom stereocenters. The van der Waals surface area contributed by atoms with Crippen LogP contribution >= 0.6 is 11.6 Å². The summed E-state index contributed by atoms with van der Waals surface area (Å²) in [5, 5.41) is 0.606. The van der Waals surface area contributed by atoms with Gasteiger partial charge in [-0.2, -0.15) is 0 Å². The molecule has 88 valence electrons. The van der Waals surface area contributed by atoms with Crippen LogP contribution < -0.4 is 0 Å². The van der Waals surface area contributed by atoms with Crippen molar-refractivity contribution in [1.29, 1.82) is 0 Å². The van der Waals surface area contributed by atoms with E-state index in [0.717, 1.165) is 25.7 Å².